The van der Waals surface area contributed by atoms with Gasteiger partial charge in [0.15, 0.2) is 0 Å². The normalized spacial score (nSPS) is 22.5. The van der Waals surface area contributed by atoms with Crippen LogP contribution in [0.25, 0.3) is 0 Å². The Labute approximate surface area is 153 Å². The molecular formula is C20H24N4O2. The zero-order valence-electron chi connectivity index (χ0n) is 15.3. The van der Waals surface area contributed by atoms with Crippen LogP contribution in [0.2, 0.25) is 0 Å². The first kappa shape index (κ1) is 16.8. The smallest absolute Gasteiger partial charge is 0.231 e. The molecule has 2 aromatic rings. The van der Waals surface area contributed by atoms with Crippen LogP contribution in [-0.4, -0.2) is 47.5 Å². The first-order valence-corrected chi connectivity index (χ1v) is 9.06. The maximum atomic E-state index is 13.1. The molecule has 2 saturated heterocycles. The fourth-order valence-electron chi connectivity index (χ4n) is 4.01. The molecule has 0 saturated carbocycles. The van der Waals surface area contributed by atoms with Crippen molar-refractivity contribution in [3.05, 3.63) is 47.8 Å². The van der Waals surface area contributed by atoms with Gasteiger partial charge in [-0.2, -0.15) is 0 Å². The number of rotatable bonds is 4. The van der Waals surface area contributed by atoms with Gasteiger partial charge in [-0.1, -0.05) is 12.1 Å². The molecule has 1 spiro atoms. The fourth-order valence-corrected chi connectivity index (χ4v) is 4.01. The second-order valence-electron chi connectivity index (χ2n) is 7.34. The number of carbonyl (C=O) groups is 1. The maximum absolute atomic E-state index is 13.1. The highest BCUT2D eigenvalue weighted by molar-refractivity contribution is 5.86. The summed E-state index contributed by atoms with van der Waals surface area (Å²) in [6, 6.07) is 7.94. The van der Waals surface area contributed by atoms with E-state index in [-0.39, 0.29) is 11.3 Å². The Bertz CT molecular complexity index is 808. The van der Waals surface area contributed by atoms with E-state index in [4.69, 9.17) is 4.74 Å². The van der Waals surface area contributed by atoms with Gasteiger partial charge in [-0.15, -0.1) is 0 Å². The highest BCUT2D eigenvalue weighted by Crippen LogP contribution is 2.42. The molecule has 1 aromatic heterocycles. The van der Waals surface area contributed by atoms with Crippen LogP contribution in [-0.2, 0) is 11.3 Å². The Hall–Kier alpha value is -2.63. The molecule has 6 heteroatoms. The average molecular weight is 352 g/mol. The highest BCUT2D eigenvalue weighted by atomic mass is 16.5. The predicted molar refractivity (Wildman–Crippen MR) is 99.1 cm³/mol. The molecule has 1 aromatic carbocycles. The predicted octanol–water partition coefficient (Wildman–Crippen LogP) is 2.42. The SMILES string of the molecule is COc1cccc(CN2CCC3(CCN(c4ncc(C)cn4)C3)C2=O)c1. The van der Waals surface area contributed by atoms with Crippen LogP contribution in [0.1, 0.15) is 24.0 Å². The van der Waals surface area contributed by atoms with Gasteiger partial charge in [0.1, 0.15) is 5.75 Å². The monoisotopic (exact) mass is 352 g/mol. The first-order valence-electron chi connectivity index (χ1n) is 9.06. The number of nitrogens with zero attached hydrogens (tertiary/aromatic N) is 4. The van der Waals surface area contributed by atoms with E-state index in [1.165, 1.54) is 0 Å². The summed E-state index contributed by atoms with van der Waals surface area (Å²) in [4.78, 5) is 26.1. The van der Waals surface area contributed by atoms with Crippen molar-refractivity contribution in [1.29, 1.82) is 0 Å². The van der Waals surface area contributed by atoms with Gasteiger partial charge >= 0.3 is 0 Å². The number of amides is 1. The van der Waals surface area contributed by atoms with Crippen molar-refractivity contribution >= 4 is 11.9 Å². The number of aromatic nitrogens is 2. The number of hydrogen-bond donors (Lipinski definition) is 0. The van der Waals surface area contributed by atoms with Crippen LogP contribution in [0.5, 0.6) is 5.75 Å². The summed E-state index contributed by atoms with van der Waals surface area (Å²) in [5.74, 6) is 1.81. The van der Waals surface area contributed by atoms with Crippen LogP contribution in [0.15, 0.2) is 36.7 Å². The van der Waals surface area contributed by atoms with Crippen molar-refractivity contribution in [2.24, 2.45) is 5.41 Å². The number of anilines is 1. The van der Waals surface area contributed by atoms with Crippen LogP contribution >= 0.6 is 0 Å². The highest BCUT2D eigenvalue weighted by Gasteiger charge is 2.51. The molecule has 4 rings (SSSR count). The van der Waals surface area contributed by atoms with E-state index in [1.807, 2.05) is 48.5 Å². The lowest BCUT2D eigenvalue weighted by Crippen LogP contribution is -2.37. The summed E-state index contributed by atoms with van der Waals surface area (Å²) >= 11 is 0. The quantitative estimate of drug-likeness (QED) is 0.846. The maximum Gasteiger partial charge on any atom is 0.231 e. The van der Waals surface area contributed by atoms with Gasteiger partial charge in [0, 0.05) is 38.6 Å². The summed E-state index contributed by atoms with van der Waals surface area (Å²) in [5.41, 5.74) is 1.86. The van der Waals surface area contributed by atoms with Crippen molar-refractivity contribution in [1.82, 2.24) is 14.9 Å². The Morgan fingerprint density at radius 2 is 1.96 bits per heavy atom. The molecule has 26 heavy (non-hydrogen) atoms. The molecule has 6 nitrogen and oxygen atoms in total. The molecule has 1 amide bonds. The number of methoxy groups -OCH3 is 1. The standard InChI is InChI=1S/C20H24N4O2/c1-15-11-21-19(22-12-15)24-9-7-20(14-24)6-8-23(18(20)25)13-16-4-3-5-17(10-16)26-2/h3-5,10-12H,6-9,13-14H2,1-2H3. The van der Waals surface area contributed by atoms with Crippen LogP contribution in [0.3, 0.4) is 0 Å². The zero-order valence-corrected chi connectivity index (χ0v) is 15.3. The number of likely N-dealkylation sites (tertiary alicyclic amines) is 1. The molecule has 0 radical (unpaired) electrons. The lowest BCUT2D eigenvalue weighted by atomic mass is 9.85. The van der Waals surface area contributed by atoms with Crippen molar-refractivity contribution < 1.29 is 9.53 Å². The Kier molecular flexibility index (Phi) is 4.26. The zero-order chi connectivity index (χ0) is 18.1. The molecule has 136 valence electrons. The second-order valence-corrected chi connectivity index (χ2v) is 7.34. The summed E-state index contributed by atoms with van der Waals surface area (Å²) < 4.78 is 5.29. The van der Waals surface area contributed by atoms with Gasteiger partial charge in [0.2, 0.25) is 11.9 Å². The molecule has 0 bridgehead atoms. The molecule has 2 aliphatic heterocycles. The van der Waals surface area contributed by atoms with E-state index in [9.17, 15) is 4.79 Å². The number of aryl methyl sites for hydroxylation is 1. The number of benzene rings is 1. The number of ether oxygens (including phenoxy) is 1. The van der Waals surface area contributed by atoms with E-state index in [1.54, 1.807) is 7.11 Å². The number of hydrogen-bond acceptors (Lipinski definition) is 5. The molecule has 0 aliphatic carbocycles. The van der Waals surface area contributed by atoms with E-state index in [0.717, 1.165) is 48.8 Å². The molecule has 3 heterocycles. The minimum Gasteiger partial charge on any atom is -0.497 e. The third-order valence-electron chi connectivity index (χ3n) is 5.51. The topological polar surface area (TPSA) is 58.6 Å². The Morgan fingerprint density at radius 1 is 1.19 bits per heavy atom. The van der Waals surface area contributed by atoms with Crippen molar-refractivity contribution in [2.45, 2.75) is 26.3 Å². The summed E-state index contributed by atoms with van der Waals surface area (Å²) in [6.45, 7) is 4.97. The largest absolute Gasteiger partial charge is 0.497 e. The Balaban J connectivity index is 1.46. The lowest BCUT2D eigenvalue weighted by Gasteiger charge is -2.24. The van der Waals surface area contributed by atoms with Crippen molar-refractivity contribution in [3.8, 4) is 5.75 Å². The lowest BCUT2D eigenvalue weighted by molar-refractivity contribution is -0.135. The third kappa shape index (κ3) is 3.00. The van der Waals surface area contributed by atoms with Gasteiger partial charge < -0.3 is 14.5 Å². The van der Waals surface area contributed by atoms with Crippen LogP contribution in [0.4, 0.5) is 5.95 Å². The first-order chi connectivity index (χ1) is 12.6. The Morgan fingerprint density at radius 3 is 2.73 bits per heavy atom. The summed E-state index contributed by atoms with van der Waals surface area (Å²) in [5, 5.41) is 0. The minimum atomic E-state index is -0.285. The second kappa shape index (κ2) is 6.59. The van der Waals surface area contributed by atoms with E-state index >= 15 is 0 Å². The van der Waals surface area contributed by atoms with Gasteiger partial charge in [-0.3, -0.25) is 4.79 Å². The fraction of sp³-hybridized carbons (Fsp3) is 0.450. The molecule has 2 fully saturated rings. The third-order valence-corrected chi connectivity index (χ3v) is 5.51. The van der Waals surface area contributed by atoms with Gasteiger partial charge in [-0.05, 0) is 43.0 Å². The summed E-state index contributed by atoms with van der Waals surface area (Å²) in [6.07, 6.45) is 5.44. The van der Waals surface area contributed by atoms with E-state index < -0.39 is 0 Å². The van der Waals surface area contributed by atoms with Crippen LogP contribution in [0, 0.1) is 12.3 Å². The molecule has 0 N–H and O–H groups in total. The van der Waals surface area contributed by atoms with Gasteiger partial charge in [0.25, 0.3) is 0 Å². The minimum absolute atomic E-state index is 0.259. The van der Waals surface area contributed by atoms with E-state index in [2.05, 4.69) is 14.9 Å². The average Bonchev–Trinajstić information content (AvgIpc) is 3.22. The molecular weight excluding hydrogens is 328 g/mol. The van der Waals surface area contributed by atoms with Gasteiger partial charge in [0.05, 0.1) is 12.5 Å². The number of carbonyl (C=O) groups excluding carboxylic acids is 1. The van der Waals surface area contributed by atoms with Crippen molar-refractivity contribution in [3.63, 3.8) is 0 Å². The van der Waals surface area contributed by atoms with Gasteiger partial charge in [-0.25, -0.2) is 9.97 Å². The molecule has 2 aliphatic rings. The molecule has 1 unspecified atom stereocenters. The van der Waals surface area contributed by atoms with Crippen molar-refractivity contribution in [2.75, 3.05) is 31.6 Å². The summed E-state index contributed by atoms with van der Waals surface area (Å²) in [7, 11) is 1.66. The molecule has 1 atom stereocenters. The van der Waals surface area contributed by atoms with E-state index in [0.29, 0.717) is 13.1 Å². The van der Waals surface area contributed by atoms with Crippen LogP contribution < -0.4 is 9.64 Å².